The molecule has 1 aromatic carbocycles. The van der Waals surface area contributed by atoms with Crippen LogP contribution in [0.3, 0.4) is 0 Å². The van der Waals surface area contributed by atoms with Gasteiger partial charge in [-0.15, -0.1) is 0 Å². The summed E-state index contributed by atoms with van der Waals surface area (Å²) in [5.74, 6) is 2.61. The average Bonchev–Trinajstić information content (AvgIpc) is 3.29. The molecular weight excluding hydrogens is 390 g/mol. The van der Waals surface area contributed by atoms with Crippen molar-refractivity contribution in [2.24, 2.45) is 4.99 Å². The Bertz CT molecular complexity index is 863. The molecule has 1 aromatic heterocycles. The summed E-state index contributed by atoms with van der Waals surface area (Å²) in [4.78, 5) is 11.1. The molecule has 1 aliphatic heterocycles. The summed E-state index contributed by atoms with van der Waals surface area (Å²) in [5.41, 5.74) is 3.40. The van der Waals surface area contributed by atoms with Crippen LogP contribution < -0.4 is 20.3 Å². The van der Waals surface area contributed by atoms with Crippen molar-refractivity contribution >= 4 is 11.8 Å². The lowest BCUT2D eigenvalue weighted by atomic mass is 10.1. The van der Waals surface area contributed by atoms with E-state index in [1.807, 2.05) is 31.3 Å². The van der Waals surface area contributed by atoms with Crippen LogP contribution in [-0.4, -0.2) is 50.9 Å². The van der Waals surface area contributed by atoms with Crippen molar-refractivity contribution in [1.82, 2.24) is 15.6 Å². The van der Waals surface area contributed by atoms with Gasteiger partial charge in [0.05, 0.1) is 12.6 Å². The molecule has 0 saturated carbocycles. The Hall–Kier alpha value is -2.80. The standard InChI is InChI=1S/C24H35N5O2/c1-5-25-24(27-15-19-10-11-26-23(14-19)29(3)4)28-16-20-9-8-18(2)13-22(20)31-17-21-7-6-12-30-21/h8-11,13-14,21H,5-7,12,15-17H2,1-4H3,(H2,25,27,28). The summed E-state index contributed by atoms with van der Waals surface area (Å²) in [7, 11) is 3.97. The van der Waals surface area contributed by atoms with E-state index in [-0.39, 0.29) is 6.10 Å². The van der Waals surface area contributed by atoms with Gasteiger partial charge in [-0.2, -0.15) is 0 Å². The predicted octanol–water partition coefficient (Wildman–Crippen LogP) is 3.27. The lowest BCUT2D eigenvalue weighted by Crippen LogP contribution is -2.37. The number of pyridine rings is 1. The molecule has 3 rings (SSSR count). The van der Waals surface area contributed by atoms with Crippen molar-refractivity contribution in [2.45, 2.75) is 45.9 Å². The van der Waals surface area contributed by atoms with Crippen molar-refractivity contribution in [2.75, 3.05) is 38.8 Å². The van der Waals surface area contributed by atoms with E-state index in [1.54, 1.807) is 0 Å². The number of aliphatic imine (C=N–C) groups is 1. The van der Waals surface area contributed by atoms with Crippen molar-refractivity contribution in [1.29, 1.82) is 0 Å². The summed E-state index contributed by atoms with van der Waals surface area (Å²) >= 11 is 0. The third kappa shape index (κ3) is 7.14. The van der Waals surface area contributed by atoms with Crippen molar-refractivity contribution in [3.63, 3.8) is 0 Å². The Balaban J connectivity index is 1.63. The first kappa shape index (κ1) is 22.9. The van der Waals surface area contributed by atoms with Gasteiger partial charge in [0.1, 0.15) is 18.2 Å². The highest BCUT2D eigenvalue weighted by Crippen LogP contribution is 2.22. The Morgan fingerprint density at radius 2 is 2.13 bits per heavy atom. The molecular formula is C24H35N5O2. The van der Waals surface area contributed by atoms with Gasteiger partial charge in [0, 0.05) is 45.6 Å². The summed E-state index contributed by atoms with van der Waals surface area (Å²) in [6, 6.07) is 10.4. The van der Waals surface area contributed by atoms with Crippen LogP contribution in [0.15, 0.2) is 41.5 Å². The Morgan fingerprint density at radius 3 is 2.87 bits per heavy atom. The predicted molar refractivity (Wildman–Crippen MR) is 126 cm³/mol. The zero-order valence-electron chi connectivity index (χ0n) is 19.1. The summed E-state index contributed by atoms with van der Waals surface area (Å²) in [5, 5.41) is 6.75. The number of ether oxygens (including phenoxy) is 2. The molecule has 7 nitrogen and oxygen atoms in total. The number of hydrogen-bond donors (Lipinski definition) is 2. The molecule has 0 amide bonds. The SMILES string of the molecule is CCNC(=NCc1ccnc(N(C)C)c1)NCc1ccc(C)cc1OCC1CCCO1. The van der Waals surface area contributed by atoms with Gasteiger partial charge in [-0.3, -0.25) is 0 Å². The van der Waals surface area contributed by atoms with Crippen LogP contribution in [0.25, 0.3) is 0 Å². The molecule has 0 aliphatic carbocycles. The molecule has 1 atom stereocenters. The second-order valence-electron chi connectivity index (χ2n) is 8.02. The topological polar surface area (TPSA) is 71.0 Å². The number of anilines is 1. The van der Waals surface area contributed by atoms with Gasteiger partial charge in [0.2, 0.25) is 0 Å². The lowest BCUT2D eigenvalue weighted by molar-refractivity contribution is 0.0676. The van der Waals surface area contributed by atoms with Crippen LogP contribution in [0.2, 0.25) is 0 Å². The summed E-state index contributed by atoms with van der Waals surface area (Å²) < 4.78 is 11.8. The Kier molecular flexibility index (Phi) is 8.53. The molecule has 0 spiro atoms. The second-order valence-corrected chi connectivity index (χ2v) is 8.02. The van der Waals surface area contributed by atoms with E-state index in [9.17, 15) is 0 Å². The fraction of sp³-hybridized carbons (Fsp3) is 0.500. The quantitative estimate of drug-likeness (QED) is 0.475. The second kappa shape index (κ2) is 11.6. The first-order valence-corrected chi connectivity index (χ1v) is 11.0. The third-order valence-corrected chi connectivity index (χ3v) is 5.15. The highest BCUT2D eigenvalue weighted by molar-refractivity contribution is 5.79. The zero-order chi connectivity index (χ0) is 22.1. The molecule has 2 heterocycles. The van der Waals surface area contributed by atoms with Gasteiger partial charge in [-0.1, -0.05) is 12.1 Å². The number of guanidine groups is 1. The molecule has 1 saturated heterocycles. The number of benzene rings is 1. The Morgan fingerprint density at radius 1 is 1.26 bits per heavy atom. The fourth-order valence-corrected chi connectivity index (χ4v) is 3.40. The zero-order valence-corrected chi connectivity index (χ0v) is 19.1. The van der Waals surface area contributed by atoms with Crippen LogP contribution >= 0.6 is 0 Å². The smallest absolute Gasteiger partial charge is 0.191 e. The normalized spacial score (nSPS) is 16.3. The monoisotopic (exact) mass is 425 g/mol. The molecule has 168 valence electrons. The van der Waals surface area contributed by atoms with Gasteiger partial charge < -0.3 is 25.0 Å². The summed E-state index contributed by atoms with van der Waals surface area (Å²) in [6.45, 7) is 7.59. The number of rotatable bonds is 9. The number of nitrogens with one attached hydrogen (secondary N) is 2. The molecule has 1 unspecified atom stereocenters. The largest absolute Gasteiger partial charge is 0.491 e. The molecule has 7 heteroatoms. The first-order chi connectivity index (χ1) is 15.0. The van der Waals surface area contributed by atoms with Crippen LogP contribution in [0.1, 0.15) is 36.5 Å². The molecule has 31 heavy (non-hydrogen) atoms. The molecule has 0 bridgehead atoms. The van der Waals surface area contributed by atoms with E-state index in [2.05, 4.69) is 53.7 Å². The van der Waals surface area contributed by atoms with Gasteiger partial charge in [0.25, 0.3) is 0 Å². The van der Waals surface area contributed by atoms with E-state index in [1.165, 1.54) is 5.56 Å². The fourth-order valence-electron chi connectivity index (χ4n) is 3.40. The van der Waals surface area contributed by atoms with E-state index in [0.29, 0.717) is 19.7 Å². The van der Waals surface area contributed by atoms with Crippen LogP contribution in [0.5, 0.6) is 5.75 Å². The molecule has 1 fully saturated rings. The Labute approximate surface area is 185 Å². The number of aryl methyl sites for hydroxylation is 1. The van der Waals surface area contributed by atoms with Crippen molar-refractivity contribution in [3.8, 4) is 5.75 Å². The maximum atomic E-state index is 6.12. The summed E-state index contributed by atoms with van der Waals surface area (Å²) in [6.07, 6.45) is 4.21. The van der Waals surface area contributed by atoms with Gasteiger partial charge in [-0.25, -0.2) is 9.98 Å². The molecule has 2 aromatic rings. The van der Waals surface area contributed by atoms with E-state index >= 15 is 0 Å². The maximum Gasteiger partial charge on any atom is 0.191 e. The van der Waals surface area contributed by atoms with Crippen LogP contribution in [-0.2, 0) is 17.8 Å². The van der Waals surface area contributed by atoms with E-state index < -0.39 is 0 Å². The van der Waals surface area contributed by atoms with Gasteiger partial charge >= 0.3 is 0 Å². The number of nitrogens with zero attached hydrogens (tertiary/aromatic N) is 3. The number of aromatic nitrogens is 1. The average molecular weight is 426 g/mol. The van der Waals surface area contributed by atoms with E-state index in [4.69, 9.17) is 14.5 Å². The van der Waals surface area contributed by atoms with E-state index in [0.717, 1.165) is 54.6 Å². The first-order valence-electron chi connectivity index (χ1n) is 11.0. The van der Waals surface area contributed by atoms with Gasteiger partial charge in [0.15, 0.2) is 5.96 Å². The minimum atomic E-state index is 0.202. The molecule has 2 N–H and O–H groups in total. The molecule has 1 aliphatic rings. The van der Waals surface area contributed by atoms with Crippen molar-refractivity contribution in [3.05, 3.63) is 53.2 Å². The highest BCUT2D eigenvalue weighted by atomic mass is 16.5. The lowest BCUT2D eigenvalue weighted by Gasteiger charge is -2.17. The third-order valence-electron chi connectivity index (χ3n) is 5.15. The van der Waals surface area contributed by atoms with Crippen molar-refractivity contribution < 1.29 is 9.47 Å². The minimum Gasteiger partial charge on any atom is -0.491 e. The minimum absolute atomic E-state index is 0.202. The van der Waals surface area contributed by atoms with Crippen LogP contribution in [0.4, 0.5) is 5.82 Å². The number of hydrogen-bond acceptors (Lipinski definition) is 5. The van der Waals surface area contributed by atoms with Crippen LogP contribution in [0, 0.1) is 6.92 Å². The highest BCUT2D eigenvalue weighted by Gasteiger charge is 2.17. The van der Waals surface area contributed by atoms with Gasteiger partial charge in [-0.05, 0) is 56.0 Å². The molecule has 0 radical (unpaired) electrons. The maximum absolute atomic E-state index is 6.12.